The first-order valence-corrected chi connectivity index (χ1v) is 9.73. The average Bonchev–Trinajstić information content (AvgIpc) is 3.04. The van der Waals surface area contributed by atoms with Crippen LogP contribution in [0.4, 0.5) is 0 Å². The van der Waals surface area contributed by atoms with E-state index >= 15 is 0 Å². The van der Waals surface area contributed by atoms with Crippen LogP contribution in [0.1, 0.15) is 11.1 Å². The summed E-state index contributed by atoms with van der Waals surface area (Å²) in [6, 6.07) is 11.7. The number of benzene rings is 2. The molecule has 1 aliphatic rings. The average molecular weight is 389 g/mol. The van der Waals surface area contributed by atoms with E-state index in [1.165, 1.54) is 13.2 Å². The minimum absolute atomic E-state index is 0.00358. The van der Waals surface area contributed by atoms with Crippen LogP contribution in [0.15, 0.2) is 47.4 Å². The van der Waals surface area contributed by atoms with Crippen molar-refractivity contribution in [3.8, 4) is 5.75 Å². The second-order valence-corrected chi connectivity index (χ2v) is 8.01. The smallest absolute Gasteiger partial charge is 0.263 e. The first-order valence-electron chi connectivity index (χ1n) is 7.04. The highest BCUT2D eigenvalue weighted by Crippen LogP contribution is 2.44. The van der Waals surface area contributed by atoms with Crippen molar-refractivity contribution in [2.75, 3.05) is 20.3 Å². The van der Waals surface area contributed by atoms with Crippen molar-refractivity contribution in [3.05, 3.63) is 58.6 Å². The van der Waals surface area contributed by atoms with Gasteiger partial charge in [-0.25, -0.2) is 8.42 Å². The Bertz CT molecular complexity index is 861. The number of ether oxygens (including phenoxy) is 3. The van der Waals surface area contributed by atoms with Gasteiger partial charge >= 0.3 is 0 Å². The third kappa shape index (κ3) is 3.00. The van der Waals surface area contributed by atoms with Gasteiger partial charge in [-0.05, 0) is 18.2 Å². The van der Waals surface area contributed by atoms with Gasteiger partial charge in [-0.15, -0.1) is 0 Å². The van der Waals surface area contributed by atoms with Gasteiger partial charge in [0.25, 0.3) is 9.05 Å². The van der Waals surface area contributed by atoms with Gasteiger partial charge in [0.1, 0.15) is 10.6 Å². The van der Waals surface area contributed by atoms with E-state index in [4.69, 9.17) is 36.5 Å². The summed E-state index contributed by atoms with van der Waals surface area (Å²) in [6.45, 7) is 0.594. The maximum atomic E-state index is 12.1. The molecular formula is C16H14Cl2O5S. The molecule has 1 fully saturated rings. The van der Waals surface area contributed by atoms with Crippen LogP contribution < -0.4 is 4.74 Å². The molecule has 0 unspecified atom stereocenters. The number of methoxy groups -OCH3 is 1. The molecule has 24 heavy (non-hydrogen) atoms. The Morgan fingerprint density at radius 3 is 2.42 bits per heavy atom. The molecule has 0 aromatic heterocycles. The fraction of sp³-hybridized carbons (Fsp3) is 0.250. The Labute approximate surface area is 149 Å². The second-order valence-electron chi connectivity index (χ2n) is 5.10. The van der Waals surface area contributed by atoms with Crippen LogP contribution in [0, 0.1) is 0 Å². The molecule has 0 N–H and O–H groups in total. The SMILES string of the molecule is COc1cccc(C2(c3cccc(Cl)c3S(=O)(=O)Cl)OCCO2)c1. The van der Waals surface area contributed by atoms with Crippen LogP contribution in [0.25, 0.3) is 0 Å². The summed E-state index contributed by atoms with van der Waals surface area (Å²) in [5.41, 5.74) is 0.818. The molecule has 0 amide bonds. The Hall–Kier alpha value is -1.31. The maximum Gasteiger partial charge on any atom is 0.263 e. The first-order chi connectivity index (χ1) is 11.4. The minimum atomic E-state index is -4.11. The van der Waals surface area contributed by atoms with Crippen molar-refractivity contribution in [2.24, 2.45) is 0 Å². The third-order valence-electron chi connectivity index (χ3n) is 3.71. The van der Waals surface area contributed by atoms with Gasteiger partial charge in [0.2, 0.25) is 5.79 Å². The molecule has 0 atom stereocenters. The lowest BCUT2D eigenvalue weighted by molar-refractivity contribution is -0.131. The molecule has 1 heterocycles. The molecule has 0 spiro atoms. The highest BCUT2D eigenvalue weighted by molar-refractivity contribution is 8.13. The van der Waals surface area contributed by atoms with Crippen LogP contribution in [0.3, 0.4) is 0 Å². The Morgan fingerprint density at radius 1 is 1.12 bits per heavy atom. The number of rotatable bonds is 4. The van der Waals surface area contributed by atoms with Gasteiger partial charge in [0, 0.05) is 21.8 Å². The van der Waals surface area contributed by atoms with Crippen molar-refractivity contribution in [2.45, 2.75) is 10.7 Å². The summed E-state index contributed by atoms with van der Waals surface area (Å²) in [7, 11) is 3.03. The predicted octanol–water partition coefficient (Wildman–Crippen LogP) is 3.52. The Balaban J connectivity index is 2.29. The van der Waals surface area contributed by atoms with E-state index in [2.05, 4.69) is 0 Å². The maximum absolute atomic E-state index is 12.1. The van der Waals surface area contributed by atoms with E-state index < -0.39 is 14.8 Å². The van der Waals surface area contributed by atoms with Crippen molar-refractivity contribution < 1.29 is 22.6 Å². The molecule has 3 rings (SSSR count). The summed E-state index contributed by atoms with van der Waals surface area (Å²) in [4.78, 5) is -0.224. The summed E-state index contributed by atoms with van der Waals surface area (Å²) in [5.74, 6) is -0.834. The van der Waals surface area contributed by atoms with E-state index in [1.807, 2.05) is 0 Å². The molecule has 5 nitrogen and oxygen atoms in total. The van der Waals surface area contributed by atoms with Gasteiger partial charge < -0.3 is 14.2 Å². The summed E-state index contributed by atoms with van der Waals surface area (Å²) in [6.07, 6.45) is 0. The normalized spacial score (nSPS) is 17.0. The van der Waals surface area contributed by atoms with E-state index in [9.17, 15) is 8.42 Å². The molecule has 2 aromatic carbocycles. The van der Waals surface area contributed by atoms with E-state index in [0.717, 1.165) is 0 Å². The number of hydrogen-bond donors (Lipinski definition) is 0. The van der Waals surface area contributed by atoms with E-state index in [1.54, 1.807) is 36.4 Å². The van der Waals surface area contributed by atoms with E-state index in [0.29, 0.717) is 24.5 Å². The third-order valence-corrected chi connectivity index (χ3v) is 5.53. The summed E-state index contributed by atoms with van der Waals surface area (Å²) < 4.78 is 41.1. The van der Waals surface area contributed by atoms with E-state index in [-0.39, 0.29) is 15.5 Å². The van der Waals surface area contributed by atoms with Gasteiger partial charge in [-0.1, -0.05) is 35.9 Å². The predicted molar refractivity (Wildman–Crippen MR) is 90.2 cm³/mol. The number of halogens is 2. The highest BCUT2D eigenvalue weighted by Gasteiger charge is 2.44. The largest absolute Gasteiger partial charge is 0.497 e. The molecule has 1 saturated heterocycles. The molecule has 2 aromatic rings. The van der Waals surface area contributed by atoms with Crippen LogP contribution in [-0.4, -0.2) is 28.7 Å². The fourth-order valence-electron chi connectivity index (χ4n) is 2.73. The van der Waals surface area contributed by atoms with Crippen molar-refractivity contribution >= 4 is 31.3 Å². The molecule has 8 heteroatoms. The second kappa shape index (κ2) is 6.54. The van der Waals surface area contributed by atoms with Crippen LogP contribution in [-0.2, 0) is 24.3 Å². The highest BCUT2D eigenvalue weighted by atomic mass is 35.7. The minimum Gasteiger partial charge on any atom is -0.497 e. The standard InChI is InChI=1S/C16H14Cl2O5S/c1-21-12-5-2-4-11(10-12)16(22-8-9-23-16)13-6-3-7-14(17)15(13)24(18,19)20/h2-7,10H,8-9H2,1H3. The van der Waals surface area contributed by atoms with Crippen molar-refractivity contribution in [1.29, 1.82) is 0 Å². The van der Waals surface area contributed by atoms with Gasteiger partial charge in [-0.3, -0.25) is 0 Å². The number of hydrogen-bond acceptors (Lipinski definition) is 5. The zero-order chi connectivity index (χ0) is 17.4. The lowest BCUT2D eigenvalue weighted by Crippen LogP contribution is -2.30. The Morgan fingerprint density at radius 2 is 1.79 bits per heavy atom. The monoisotopic (exact) mass is 388 g/mol. The summed E-state index contributed by atoms with van der Waals surface area (Å²) in [5, 5.41) is 0.00358. The molecular weight excluding hydrogens is 375 g/mol. The molecule has 1 aliphatic heterocycles. The molecule has 128 valence electrons. The van der Waals surface area contributed by atoms with Crippen molar-refractivity contribution in [3.63, 3.8) is 0 Å². The van der Waals surface area contributed by atoms with Crippen LogP contribution >= 0.6 is 22.3 Å². The van der Waals surface area contributed by atoms with Crippen LogP contribution in [0.2, 0.25) is 5.02 Å². The van der Waals surface area contributed by atoms with Gasteiger partial charge in [0.05, 0.1) is 25.3 Å². The fourth-order valence-corrected chi connectivity index (χ4v) is 4.60. The van der Waals surface area contributed by atoms with Crippen molar-refractivity contribution in [1.82, 2.24) is 0 Å². The van der Waals surface area contributed by atoms with Crippen LogP contribution in [0.5, 0.6) is 5.75 Å². The van der Waals surface area contributed by atoms with Gasteiger partial charge in [-0.2, -0.15) is 0 Å². The lowest BCUT2D eigenvalue weighted by atomic mass is 9.97. The van der Waals surface area contributed by atoms with Gasteiger partial charge in [0.15, 0.2) is 0 Å². The zero-order valence-electron chi connectivity index (χ0n) is 12.7. The Kier molecular flexibility index (Phi) is 4.77. The topological polar surface area (TPSA) is 61.8 Å². The quantitative estimate of drug-likeness (QED) is 0.749. The molecule has 0 radical (unpaired) electrons. The molecule has 0 aliphatic carbocycles. The first kappa shape index (κ1) is 17.5. The lowest BCUT2D eigenvalue weighted by Gasteiger charge is -2.30. The molecule has 0 bridgehead atoms. The molecule has 0 saturated carbocycles. The zero-order valence-corrected chi connectivity index (χ0v) is 15.0. The summed E-state index contributed by atoms with van der Waals surface area (Å²) >= 11 is 6.10.